The van der Waals surface area contributed by atoms with Crippen LogP contribution in [0.25, 0.3) is 0 Å². The molecule has 0 saturated heterocycles. The van der Waals surface area contributed by atoms with E-state index < -0.39 is 5.60 Å². The Bertz CT molecular complexity index is 243. The number of rotatable bonds is 10. The molecule has 1 atom stereocenters. The molecule has 19 heavy (non-hydrogen) atoms. The monoisotopic (exact) mass is 272 g/mol. The fraction of sp³-hybridized carbons (Fsp3) is 0.933. The van der Waals surface area contributed by atoms with Crippen LogP contribution in [0, 0.1) is 5.92 Å². The number of nitrogens with zero attached hydrogens (tertiary/aromatic N) is 1. The summed E-state index contributed by atoms with van der Waals surface area (Å²) in [7, 11) is 0. The molecule has 0 aromatic carbocycles. The average molecular weight is 272 g/mol. The first-order chi connectivity index (χ1) is 8.84. The molecule has 4 nitrogen and oxygen atoms in total. The number of carbonyl (C=O) groups is 1. The molecule has 1 amide bonds. The van der Waals surface area contributed by atoms with Crippen molar-refractivity contribution in [1.82, 2.24) is 4.90 Å². The zero-order chi connectivity index (χ0) is 14.9. The van der Waals surface area contributed by atoms with E-state index >= 15 is 0 Å². The molecule has 0 aliphatic carbocycles. The molecule has 0 saturated carbocycles. The number of carbonyl (C=O) groups excluding carboxylic acids is 1. The number of likely N-dealkylation sites (N-methyl/N-ethyl adjacent to an activating group) is 1. The van der Waals surface area contributed by atoms with Crippen LogP contribution < -0.4 is 5.73 Å². The van der Waals surface area contributed by atoms with Gasteiger partial charge in [0, 0.05) is 19.5 Å². The van der Waals surface area contributed by atoms with Crippen LogP contribution in [0.15, 0.2) is 0 Å². The minimum Gasteiger partial charge on any atom is -0.389 e. The third-order valence-electron chi connectivity index (χ3n) is 3.35. The molecular weight excluding hydrogens is 240 g/mol. The second kappa shape index (κ2) is 9.32. The molecule has 0 bridgehead atoms. The van der Waals surface area contributed by atoms with Crippen LogP contribution >= 0.6 is 0 Å². The summed E-state index contributed by atoms with van der Waals surface area (Å²) in [5, 5.41) is 9.80. The number of hydrogen-bond acceptors (Lipinski definition) is 3. The van der Waals surface area contributed by atoms with E-state index in [1.165, 1.54) is 0 Å². The van der Waals surface area contributed by atoms with Crippen LogP contribution in [0.3, 0.4) is 0 Å². The van der Waals surface area contributed by atoms with E-state index in [-0.39, 0.29) is 5.91 Å². The van der Waals surface area contributed by atoms with Gasteiger partial charge >= 0.3 is 0 Å². The van der Waals surface area contributed by atoms with Gasteiger partial charge in [0.05, 0.1) is 5.60 Å². The van der Waals surface area contributed by atoms with E-state index in [0.717, 1.165) is 25.7 Å². The topological polar surface area (TPSA) is 66.6 Å². The first kappa shape index (κ1) is 18.4. The lowest BCUT2D eigenvalue weighted by molar-refractivity contribution is -0.134. The Morgan fingerprint density at radius 1 is 1.26 bits per heavy atom. The summed E-state index contributed by atoms with van der Waals surface area (Å²) in [4.78, 5) is 13.9. The lowest BCUT2D eigenvalue weighted by Gasteiger charge is -2.28. The van der Waals surface area contributed by atoms with Gasteiger partial charge in [0.1, 0.15) is 0 Å². The standard InChI is InChI=1S/C15H32N2O2/c1-5-7-13(10-11-16)8-9-14(18)17(6-2)12-15(3,4)19/h13,19H,5-12,16H2,1-4H3. The zero-order valence-electron chi connectivity index (χ0n) is 13.1. The summed E-state index contributed by atoms with van der Waals surface area (Å²) in [5.74, 6) is 0.697. The van der Waals surface area contributed by atoms with Crippen molar-refractivity contribution in [2.75, 3.05) is 19.6 Å². The van der Waals surface area contributed by atoms with E-state index in [0.29, 0.717) is 32.0 Å². The lowest BCUT2D eigenvalue weighted by Crippen LogP contribution is -2.42. The molecule has 114 valence electrons. The van der Waals surface area contributed by atoms with Crippen molar-refractivity contribution in [3.05, 3.63) is 0 Å². The predicted octanol–water partition coefficient (Wildman–Crippen LogP) is 2.15. The highest BCUT2D eigenvalue weighted by Crippen LogP contribution is 2.18. The molecule has 0 aliphatic rings. The van der Waals surface area contributed by atoms with Gasteiger partial charge in [0.2, 0.25) is 5.91 Å². The summed E-state index contributed by atoms with van der Waals surface area (Å²) in [6.45, 7) is 9.33. The quantitative estimate of drug-likeness (QED) is 0.640. The minimum atomic E-state index is -0.828. The largest absolute Gasteiger partial charge is 0.389 e. The van der Waals surface area contributed by atoms with Gasteiger partial charge in [-0.15, -0.1) is 0 Å². The number of amides is 1. The van der Waals surface area contributed by atoms with Gasteiger partial charge in [0.25, 0.3) is 0 Å². The summed E-state index contributed by atoms with van der Waals surface area (Å²) < 4.78 is 0. The normalized spacial score (nSPS) is 13.4. The predicted molar refractivity (Wildman–Crippen MR) is 79.9 cm³/mol. The number of hydrogen-bond donors (Lipinski definition) is 2. The SMILES string of the molecule is CCCC(CCN)CCC(=O)N(CC)CC(C)(C)O. The summed E-state index contributed by atoms with van der Waals surface area (Å²) in [6, 6.07) is 0. The maximum absolute atomic E-state index is 12.1. The molecule has 1 unspecified atom stereocenters. The van der Waals surface area contributed by atoms with Crippen molar-refractivity contribution in [1.29, 1.82) is 0 Å². The second-order valence-corrected chi connectivity index (χ2v) is 5.99. The van der Waals surface area contributed by atoms with E-state index in [1.807, 2.05) is 6.92 Å². The lowest BCUT2D eigenvalue weighted by atomic mass is 9.94. The first-order valence-electron chi connectivity index (χ1n) is 7.54. The summed E-state index contributed by atoms with van der Waals surface area (Å²) in [6.07, 6.45) is 4.75. The van der Waals surface area contributed by atoms with Crippen LogP contribution in [0.5, 0.6) is 0 Å². The molecule has 0 radical (unpaired) electrons. The van der Waals surface area contributed by atoms with Gasteiger partial charge in [-0.1, -0.05) is 19.8 Å². The van der Waals surface area contributed by atoms with Crippen LogP contribution in [-0.2, 0) is 4.79 Å². The molecule has 3 N–H and O–H groups in total. The highest BCUT2D eigenvalue weighted by atomic mass is 16.3. The maximum Gasteiger partial charge on any atom is 0.222 e. The maximum atomic E-state index is 12.1. The van der Waals surface area contributed by atoms with E-state index in [2.05, 4.69) is 6.92 Å². The number of aliphatic hydroxyl groups is 1. The Hall–Kier alpha value is -0.610. The van der Waals surface area contributed by atoms with Gasteiger partial charge in [-0.3, -0.25) is 4.79 Å². The third kappa shape index (κ3) is 9.00. The fourth-order valence-electron chi connectivity index (χ4n) is 2.41. The Morgan fingerprint density at radius 3 is 2.32 bits per heavy atom. The van der Waals surface area contributed by atoms with Crippen molar-refractivity contribution >= 4 is 5.91 Å². The fourth-order valence-corrected chi connectivity index (χ4v) is 2.41. The van der Waals surface area contributed by atoms with E-state index in [4.69, 9.17) is 5.73 Å². The van der Waals surface area contributed by atoms with Crippen molar-refractivity contribution in [3.63, 3.8) is 0 Å². The van der Waals surface area contributed by atoms with Gasteiger partial charge < -0.3 is 15.7 Å². The number of nitrogens with two attached hydrogens (primary N) is 1. The van der Waals surface area contributed by atoms with Crippen LogP contribution in [0.2, 0.25) is 0 Å². The van der Waals surface area contributed by atoms with Crippen LogP contribution in [0.1, 0.15) is 59.8 Å². The highest BCUT2D eigenvalue weighted by Gasteiger charge is 2.21. The molecule has 0 rings (SSSR count). The summed E-state index contributed by atoms with van der Waals surface area (Å²) in [5.41, 5.74) is 4.78. The average Bonchev–Trinajstić information content (AvgIpc) is 2.32. The van der Waals surface area contributed by atoms with Crippen molar-refractivity contribution in [2.45, 2.75) is 65.4 Å². The molecule has 0 fully saturated rings. The Kier molecular flexibility index (Phi) is 9.02. The first-order valence-corrected chi connectivity index (χ1v) is 7.54. The third-order valence-corrected chi connectivity index (χ3v) is 3.35. The smallest absolute Gasteiger partial charge is 0.222 e. The molecule has 4 heteroatoms. The Balaban J connectivity index is 4.24. The van der Waals surface area contributed by atoms with Gasteiger partial charge in [0.15, 0.2) is 0 Å². The van der Waals surface area contributed by atoms with Gasteiger partial charge in [-0.2, -0.15) is 0 Å². The zero-order valence-corrected chi connectivity index (χ0v) is 13.1. The molecule has 0 heterocycles. The van der Waals surface area contributed by atoms with Crippen molar-refractivity contribution in [3.8, 4) is 0 Å². The Morgan fingerprint density at radius 2 is 1.89 bits per heavy atom. The Labute approximate surface area is 118 Å². The van der Waals surface area contributed by atoms with Crippen molar-refractivity contribution in [2.24, 2.45) is 11.7 Å². The second-order valence-electron chi connectivity index (χ2n) is 5.99. The van der Waals surface area contributed by atoms with Gasteiger partial charge in [-0.25, -0.2) is 0 Å². The van der Waals surface area contributed by atoms with Crippen molar-refractivity contribution < 1.29 is 9.90 Å². The molecule has 0 aromatic heterocycles. The van der Waals surface area contributed by atoms with E-state index in [9.17, 15) is 9.90 Å². The molecule has 0 spiro atoms. The van der Waals surface area contributed by atoms with Gasteiger partial charge in [-0.05, 0) is 46.1 Å². The highest BCUT2D eigenvalue weighted by molar-refractivity contribution is 5.76. The minimum absolute atomic E-state index is 0.141. The van der Waals surface area contributed by atoms with Crippen LogP contribution in [0.4, 0.5) is 0 Å². The molecule has 0 aliphatic heterocycles. The molecular formula is C15H32N2O2. The summed E-state index contributed by atoms with van der Waals surface area (Å²) >= 11 is 0. The molecule has 0 aromatic rings. The van der Waals surface area contributed by atoms with E-state index in [1.54, 1.807) is 18.7 Å². The van der Waals surface area contributed by atoms with Crippen LogP contribution in [-0.4, -0.2) is 41.1 Å².